The molecule has 0 aliphatic heterocycles. The molecule has 5 heteroatoms. The average Bonchev–Trinajstić information content (AvgIpc) is 2.68. The molecule has 1 heterocycles. The summed E-state index contributed by atoms with van der Waals surface area (Å²) >= 11 is 1.61. The third-order valence-electron chi connectivity index (χ3n) is 2.32. The quantitative estimate of drug-likeness (QED) is 0.837. The minimum absolute atomic E-state index is 0. The van der Waals surface area contributed by atoms with Crippen molar-refractivity contribution < 1.29 is 4.79 Å². The average molecular weight is 277 g/mol. The summed E-state index contributed by atoms with van der Waals surface area (Å²) in [5.74, 6) is 0.620. The summed E-state index contributed by atoms with van der Waals surface area (Å²) in [6.45, 7) is 4.77. The van der Waals surface area contributed by atoms with Gasteiger partial charge in [-0.05, 0) is 23.8 Å². The first-order chi connectivity index (χ1) is 7.61. The minimum atomic E-state index is 0. The van der Waals surface area contributed by atoms with E-state index in [9.17, 15) is 4.79 Å². The van der Waals surface area contributed by atoms with Crippen LogP contribution in [0.2, 0.25) is 0 Å². The number of rotatable bonds is 6. The van der Waals surface area contributed by atoms with Crippen molar-refractivity contribution >= 4 is 29.7 Å². The van der Waals surface area contributed by atoms with Gasteiger partial charge in [0.15, 0.2) is 0 Å². The van der Waals surface area contributed by atoms with E-state index in [2.05, 4.69) is 19.2 Å². The highest BCUT2D eigenvalue weighted by Gasteiger charge is 2.12. The predicted molar refractivity (Wildman–Crippen MR) is 75.7 cm³/mol. The van der Waals surface area contributed by atoms with Gasteiger partial charge in [0.1, 0.15) is 0 Å². The molecule has 1 rings (SSSR count). The number of hydrogen-bond acceptors (Lipinski definition) is 3. The molecule has 0 aliphatic rings. The second kappa shape index (κ2) is 8.50. The van der Waals surface area contributed by atoms with E-state index in [1.807, 2.05) is 17.5 Å². The first-order valence-corrected chi connectivity index (χ1v) is 6.51. The molecule has 0 aliphatic carbocycles. The first-order valence-electron chi connectivity index (χ1n) is 5.63. The summed E-state index contributed by atoms with van der Waals surface area (Å²) in [4.78, 5) is 12.8. The summed E-state index contributed by atoms with van der Waals surface area (Å²) in [7, 11) is 0. The molecule has 0 radical (unpaired) electrons. The van der Waals surface area contributed by atoms with Gasteiger partial charge in [-0.15, -0.1) is 23.7 Å². The van der Waals surface area contributed by atoms with Crippen molar-refractivity contribution in [2.75, 3.05) is 6.54 Å². The van der Waals surface area contributed by atoms with Crippen LogP contribution in [0.25, 0.3) is 0 Å². The summed E-state index contributed by atoms with van der Waals surface area (Å²) in [6, 6.07) is 4.04. The van der Waals surface area contributed by atoms with E-state index in [0.717, 1.165) is 11.3 Å². The zero-order chi connectivity index (χ0) is 12.0. The van der Waals surface area contributed by atoms with E-state index in [1.165, 1.54) is 0 Å². The largest absolute Gasteiger partial charge is 0.352 e. The fourth-order valence-electron chi connectivity index (χ4n) is 1.63. The molecule has 17 heavy (non-hydrogen) atoms. The molecule has 0 fully saturated rings. The lowest BCUT2D eigenvalue weighted by Gasteiger charge is -2.18. The molecule has 1 amide bonds. The van der Waals surface area contributed by atoms with Crippen molar-refractivity contribution in [3.63, 3.8) is 0 Å². The number of thiophene rings is 1. The van der Waals surface area contributed by atoms with Crippen molar-refractivity contribution in [2.45, 2.75) is 32.7 Å². The summed E-state index contributed by atoms with van der Waals surface area (Å²) in [6.07, 6.45) is 1.40. The van der Waals surface area contributed by atoms with Crippen LogP contribution in [0.4, 0.5) is 0 Å². The Hall–Kier alpha value is -0.580. The molecule has 0 saturated carbocycles. The van der Waals surface area contributed by atoms with Crippen molar-refractivity contribution in [1.82, 2.24) is 5.32 Å². The number of hydrogen-bond donors (Lipinski definition) is 2. The van der Waals surface area contributed by atoms with Gasteiger partial charge in [-0.25, -0.2) is 0 Å². The van der Waals surface area contributed by atoms with E-state index in [-0.39, 0.29) is 24.4 Å². The van der Waals surface area contributed by atoms with Crippen molar-refractivity contribution in [3.8, 4) is 0 Å². The molecule has 1 unspecified atom stereocenters. The van der Waals surface area contributed by atoms with E-state index in [0.29, 0.717) is 18.9 Å². The fourth-order valence-corrected chi connectivity index (χ4v) is 2.34. The van der Waals surface area contributed by atoms with Crippen LogP contribution in [0.15, 0.2) is 17.5 Å². The van der Waals surface area contributed by atoms with Crippen molar-refractivity contribution in [3.05, 3.63) is 22.4 Å². The van der Waals surface area contributed by atoms with Gasteiger partial charge in [0.05, 0.1) is 6.42 Å². The maximum Gasteiger partial charge on any atom is 0.225 e. The Bertz CT molecular complexity index is 314. The maximum atomic E-state index is 11.7. The highest BCUT2D eigenvalue weighted by molar-refractivity contribution is 7.10. The first kappa shape index (κ1) is 16.4. The lowest BCUT2D eigenvalue weighted by atomic mass is 10.0. The van der Waals surface area contributed by atoms with Crippen molar-refractivity contribution in [1.29, 1.82) is 0 Å². The molecule has 1 aromatic rings. The van der Waals surface area contributed by atoms with E-state index < -0.39 is 0 Å². The molecule has 98 valence electrons. The highest BCUT2D eigenvalue weighted by Crippen LogP contribution is 2.09. The molecule has 0 saturated heterocycles. The Labute approximate surface area is 113 Å². The number of carbonyl (C=O) groups excluding carboxylic acids is 1. The van der Waals surface area contributed by atoms with Crippen LogP contribution >= 0.6 is 23.7 Å². The molecule has 1 atom stereocenters. The van der Waals surface area contributed by atoms with Gasteiger partial charge in [0.2, 0.25) is 5.91 Å². The molecule has 0 aromatic carbocycles. The fraction of sp³-hybridized carbons (Fsp3) is 0.583. The van der Waals surface area contributed by atoms with Crippen LogP contribution in [-0.4, -0.2) is 18.5 Å². The third kappa shape index (κ3) is 6.66. The molecule has 3 nitrogen and oxygen atoms in total. The topological polar surface area (TPSA) is 55.1 Å². The minimum Gasteiger partial charge on any atom is -0.352 e. The Kier molecular flexibility index (Phi) is 8.21. The van der Waals surface area contributed by atoms with E-state index in [4.69, 9.17) is 5.73 Å². The summed E-state index contributed by atoms with van der Waals surface area (Å²) in [5, 5.41) is 4.96. The number of carbonyl (C=O) groups is 1. The van der Waals surface area contributed by atoms with E-state index in [1.54, 1.807) is 11.3 Å². The van der Waals surface area contributed by atoms with Gasteiger partial charge >= 0.3 is 0 Å². The number of amides is 1. The molecule has 0 spiro atoms. The van der Waals surface area contributed by atoms with Gasteiger partial charge in [0.25, 0.3) is 0 Å². The molecule has 0 bridgehead atoms. The number of nitrogens with two attached hydrogens (primary N) is 1. The summed E-state index contributed by atoms with van der Waals surface area (Å²) in [5.41, 5.74) is 5.63. The van der Waals surface area contributed by atoms with Gasteiger partial charge in [0, 0.05) is 17.5 Å². The van der Waals surface area contributed by atoms with Crippen LogP contribution in [0.1, 0.15) is 25.1 Å². The number of nitrogens with one attached hydrogen (secondary N) is 1. The predicted octanol–water partition coefficient (Wildman–Crippen LogP) is 2.20. The second-order valence-electron chi connectivity index (χ2n) is 4.39. The van der Waals surface area contributed by atoms with Gasteiger partial charge in [-0.1, -0.05) is 19.9 Å². The molecular weight excluding hydrogens is 256 g/mol. The zero-order valence-electron chi connectivity index (χ0n) is 10.3. The Balaban J connectivity index is 0.00000256. The lowest BCUT2D eigenvalue weighted by Crippen LogP contribution is -2.41. The molecule has 1 aromatic heterocycles. The highest BCUT2D eigenvalue weighted by atomic mass is 35.5. The second-order valence-corrected chi connectivity index (χ2v) is 5.42. The Morgan fingerprint density at radius 2 is 2.24 bits per heavy atom. The van der Waals surface area contributed by atoms with Crippen molar-refractivity contribution in [2.24, 2.45) is 11.7 Å². The smallest absolute Gasteiger partial charge is 0.225 e. The maximum absolute atomic E-state index is 11.7. The SMILES string of the molecule is CC(C)CC(CN)NC(=O)Cc1cccs1.Cl. The third-order valence-corrected chi connectivity index (χ3v) is 3.20. The van der Waals surface area contributed by atoms with Crippen LogP contribution in [-0.2, 0) is 11.2 Å². The lowest BCUT2D eigenvalue weighted by molar-refractivity contribution is -0.121. The van der Waals surface area contributed by atoms with E-state index >= 15 is 0 Å². The Morgan fingerprint density at radius 3 is 2.71 bits per heavy atom. The van der Waals surface area contributed by atoms with Crippen LogP contribution in [0.5, 0.6) is 0 Å². The van der Waals surface area contributed by atoms with Gasteiger partial charge < -0.3 is 11.1 Å². The Morgan fingerprint density at radius 1 is 1.53 bits per heavy atom. The molecule has 3 N–H and O–H groups in total. The normalized spacial score (nSPS) is 12.0. The van der Waals surface area contributed by atoms with Gasteiger partial charge in [-0.3, -0.25) is 4.79 Å². The summed E-state index contributed by atoms with van der Waals surface area (Å²) < 4.78 is 0. The molecular formula is C12H21ClN2OS. The number of halogens is 1. The van der Waals surface area contributed by atoms with Crippen LogP contribution in [0.3, 0.4) is 0 Å². The monoisotopic (exact) mass is 276 g/mol. The van der Waals surface area contributed by atoms with Crippen LogP contribution in [0, 0.1) is 5.92 Å². The van der Waals surface area contributed by atoms with Crippen LogP contribution < -0.4 is 11.1 Å². The standard InChI is InChI=1S/C12H20N2OS.ClH/c1-9(2)6-10(8-13)14-12(15)7-11-4-3-5-16-11;/h3-5,9-10H,6-8,13H2,1-2H3,(H,14,15);1H. The van der Waals surface area contributed by atoms with Gasteiger partial charge in [-0.2, -0.15) is 0 Å². The zero-order valence-corrected chi connectivity index (χ0v) is 11.9.